The van der Waals surface area contributed by atoms with Gasteiger partial charge < -0.3 is 5.32 Å². The lowest BCUT2D eigenvalue weighted by Gasteiger charge is -2.06. The predicted octanol–water partition coefficient (Wildman–Crippen LogP) is 2.28. The molecule has 23 heavy (non-hydrogen) atoms. The molecule has 8 heteroatoms. The molecular weight excluding hydrogens is 334 g/mol. The van der Waals surface area contributed by atoms with Gasteiger partial charge in [-0.15, -0.1) is 10.2 Å². The largest absolute Gasteiger partial charge is 0.300 e. The van der Waals surface area contributed by atoms with Crippen molar-refractivity contribution in [2.24, 2.45) is 0 Å². The Morgan fingerprint density at radius 3 is 2.61 bits per heavy atom. The lowest BCUT2D eigenvalue weighted by atomic mass is 10.0. The average Bonchev–Trinajstić information content (AvgIpc) is 2.96. The van der Waals surface area contributed by atoms with Gasteiger partial charge in [0, 0.05) is 6.26 Å². The zero-order valence-corrected chi connectivity index (χ0v) is 13.8. The van der Waals surface area contributed by atoms with Gasteiger partial charge in [0.2, 0.25) is 25.2 Å². The Kier molecular flexibility index (Phi) is 4.10. The molecule has 0 aliphatic carbocycles. The number of nitrogens with zero attached hydrogens (tertiary/aromatic N) is 2. The standard InChI is InChI=1S/C15H13N3O3S2/c1-23(20,21)15-18-17-14(22-15)16-13(19)9-11-7-4-6-10-5-2-3-8-12(10)11/h2-8H,9H2,1H3,(H,16,17,19). The first-order chi connectivity index (χ1) is 10.9. The summed E-state index contributed by atoms with van der Waals surface area (Å²) in [6.45, 7) is 0. The van der Waals surface area contributed by atoms with Crippen LogP contribution >= 0.6 is 11.3 Å². The minimum Gasteiger partial charge on any atom is -0.300 e. The SMILES string of the molecule is CS(=O)(=O)c1nnc(NC(=O)Cc2cccc3ccccc23)s1. The van der Waals surface area contributed by atoms with E-state index in [0.717, 1.165) is 33.9 Å². The van der Waals surface area contributed by atoms with Gasteiger partial charge in [-0.1, -0.05) is 53.8 Å². The van der Waals surface area contributed by atoms with Crippen LogP contribution in [0.25, 0.3) is 10.8 Å². The lowest BCUT2D eigenvalue weighted by molar-refractivity contribution is -0.115. The summed E-state index contributed by atoms with van der Waals surface area (Å²) in [5.74, 6) is -0.266. The highest BCUT2D eigenvalue weighted by atomic mass is 32.2. The third-order valence-corrected chi connectivity index (χ3v) is 5.71. The van der Waals surface area contributed by atoms with E-state index in [4.69, 9.17) is 0 Å². The number of hydrogen-bond donors (Lipinski definition) is 1. The minimum absolute atomic E-state index is 0.113. The second kappa shape index (κ2) is 6.05. The third kappa shape index (κ3) is 3.54. The summed E-state index contributed by atoms with van der Waals surface area (Å²) < 4.78 is 22.6. The molecule has 0 spiro atoms. The first-order valence-corrected chi connectivity index (χ1v) is 9.44. The summed E-state index contributed by atoms with van der Waals surface area (Å²) in [6, 6.07) is 13.6. The van der Waals surface area contributed by atoms with Crippen LogP contribution in [0.1, 0.15) is 5.56 Å². The molecule has 3 aromatic rings. The normalized spacial score (nSPS) is 11.5. The number of sulfone groups is 1. The summed E-state index contributed by atoms with van der Waals surface area (Å²) in [5.41, 5.74) is 0.897. The minimum atomic E-state index is -3.41. The molecule has 0 fully saturated rings. The molecule has 0 saturated heterocycles. The smallest absolute Gasteiger partial charge is 0.234 e. The van der Waals surface area contributed by atoms with Crippen LogP contribution in [0.4, 0.5) is 5.13 Å². The van der Waals surface area contributed by atoms with E-state index in [2.05, 4.69) is 15.5 Å². The van der Waals surface area contributed by atoms with Crippen LogP contribution < -0.4 is 5.32 Å². The van der Waals surface area contributed by atoms with Crippen molar-refractivity contribution in [2.75, 3.05) is 11.6 Å². The number of nitrogens with one attached hydrogen (secondary N) is 1. The first-order valence-electron chi connectivity index (χ1n) is 6.73. The molecule has 1 aromatic heterocycles. The van der Waals surface area contributed by atoms with Gasteiger partial charge in [0.15, 0.2) is 0 Å². The molecule has 1 heterocycles. The van der Waals surface area contributed by atoms with E-state index in [1.807, 2.05) is 42.5 Å². The van der Waals surface area contributed by atoms with E-state index in [9.17, 15) is 13.2 Å². The van der Waals surface area contributed by atoms with E-state index < -0.39 is 9.84 Å². The number of aromatic nitrogens is 2. The molecule has 0 atom stereocenters. The molecule has 0 aliphatic heterocycles. The predicted molar refractivity (Wildman–Crippen MR) is 89.3 cm³/mol. The number of fused-ring (bicyclic) bond motifs is 1. The average molecular weight is 347 g/mol. The van der Waals surface area contributed by atoms with Gasteiger partial charge in [-0.05, 0) is 16.3 Å². The van der Waals surface area contributed by atoms with E-state index in [1.54, 1.807) is 0 Å². The highest BCUT2D eigenvalue weighted by molar-refractivity contribution is 7.92. The topological polar surface area (TPSA) is 89.0 Å². The van der Waals surface area contributed by atoms with Gasteiger partial charge in [-0.2, -0.15) is 0 Å². The Balaban J connectivity index is 1.78. The van der Waals surface area contributed by atoms with Crippen molar-refractivity contribution in [3.63, 3.8) is 0 Å². The summed E-state index contributed by atoms with van der Waals surface area (Å²) >= 11 is 0.840. The Bertz CT molecular complexity index is 975. The number of rotatable bonds is 4. The summed E-state index contributed by atoms with van der Waals surface area (Å²) in [5, 5.41) is 12.1. The van der Waals surface area contributed by atoms with Crippen LogP contribution in [0.5, 0.6) is 0 Å². The first kappa shape index (κ1) is 15.6. The molecule has 0 radical (unpaired) electrons. The molecule has 118 valence electrons. The van der Waals surface area contributed by atoms with Crippen LogP contribution in [0, 0.1) is 0 Å². The van der Waals surface area contributed by atoms with Gasteiger partial charge in [0.25, 0.3) is 0 Å². The fourth-order valence-corrected chi connectivity index (χ4v) is 3.72. The van der Waals surface area contributed by atoms with Crippen LogP contribution in [-0.2, 0) is 21.1 Å². The quantitative estimate of drug-likeness (QED) is 0.731. The molecule has 1 amide bonds. The molecule has 2 aromatic carbocycles. The van der Waals surface area contributed by atoms with Crippen molar-refractivity contribution in [3.8, 4) is 0 Å². The fraction of sp³-hybridized carbons (Fsp3) is 0.133. The van der Waals surface area contributed by atoms with E-state index in [-0.39, 0.29) is 21.8 Å². The van der Waals surface area contributed by atoms with Gasteiger partial charge in [-0.3, -0.25) is 4.79 Å². The Hall–Kier alpha value is -2.32. The molecule has 0 bridgehead atoms. The molecule has 3 rings (SSSR count). The van der Waals surface area contributed by atoms with Crippen molar-refractivity contribution in [1.82, 2.24) is 10.2 Å². The monoisotopic (exact) mass is 347 g/mol. The lowest BCUT2D eigenvalue weighted by Crippen LogP contribution is -2.14. The maximum Gasteiger partial charge on any atom is 0.234 e. The number of anilines is 1. The van der Waals surface area contributed by atoms with Gasteiger partial charge in [0.05, 0.1) is 6.42 Å². The van der Waals surface area contributed by atoms with Crippen molar-refractivity contribution < 1.29 is 13.2 Å². The van der Waals surface area contributed by atoms with Crippen molar-refractivity contribution in [3.05, 3.63) is 48.0 Å². The number of carbonyl (C=O) groups is 1. The van der Waals surface area contributed by atoms with E-state index in [0.29, 0.717) is 0 Å². The molecule has 6 nitrogen and oxygen atoms in total. The number of benzene rings is 2. The van der Waals surface area contributed by atoms with E-state index >= 15 is 0 Å². The van der Waals surface area contributed by atoms with Gasteiger partial charge in [-0.25, -0.2) is 8.42 Å². The Labute approximate surface area is 137 Å². The number of carbonyl (C=O) groups excluding carboxylic acids is 1. The summed E-state index contributed by atoms with van der Waals surface area (Å²) in [7, 11) is -3.41. The highest BCUT2D eigenvalue weighted by Crippen LogP contribution is 2.21. The van der Waals surface area contributed by atoms with Crippen molar-refractivity contribution in [1.29, 1.82) is 0 Å². The van der Waals surface area contributed by atoms with Crippen LogP contribution in [0.3, 0.4) is 0 Å². The zero-order valence-electron chi connectivity index (χ0n) is 12.2. The second-order valence-electron chi connectivity index (χ2n) is 5.01. The molecule has 0 saturated carbocycles. The Morgan fingerprint density at radius 2 is 1.87 bits per heavy atom. The van der Waals surface area contributed by atoms with Crippen molar-refractivity contribution >= 4 is 43.0 Å². The number of amides is 1. The summed E-state index contributed by atoms with van der Waals surface area (Å²) in [6.07, 6.45) is 1.23. The van der Waals surface area contributed by atoms with Crippen LogP contribution in [0.2, 0.25) is 0 Å². The second-order valence-corrected chi connectivity index (χ2v) is 8.18. The molecular formula is C15H13N3O3S2. The highest BCUT2D eigenvalue weighted by Gasteiger charge is 2.16. The summed E-state index contributed by atoms with van der Waals surface area (Å²) in [4.78, 5) is 12.2. The molecule has 0 unspecified atom stereocenters. The van der Waals surface area contributed by atoms with Gasteiger partial charge in [0.1, 0.15) is 0 Å². The number of hydrogen-bond acceptors (Lipinski definition) is 6. The molecule has 0 aliphatic rings. The maximum absolute atomic E-state index is 12.2. The van der Waals surface area contributed by atoms with Crippen LogP contribution in [0.15, 0.2) is 46.8 Å². The van der Waals surface area contributed by atoms with E-state index in [1.165, 1.54) is 0 Å². The Morgan fingerprint density at radius 1 is 1.13 bits per heavy atom. The molecule has 1 N–H and O–H groups in total. The van der Waals surface area contributed by atoms with Crippen LogP contribution in [-0.4, -0.2) is 30.8 Å². The third-order valence-electron chi connectivity index (χ3n) is 3.20. The zero-order chi connectivity index (χ0) is 16.4. The van der Waals surface area contributed by atoms with Crippen molar-refractivity contribution in [2.45, 2.75) is 10.8 Å². The maximum atomic E-state index is 12.2. The fourth-order valence-electron chi connectivity index (χ4n) is 2.19. The van der Waals surface area contributed by atoms with Gasteiger partial charge >= 0.3 is 0 Å².